The van der Waals surface area contributed by atoms with Crippen LogP contribution in [0.1, 0.15) is 37.4 Å². The van der Waals surface area contributed by atoms with Gasteiger partial charge in [-0.25, -0.2) is 4.39 Å². The summed E-state index contributed by atoms with van der Waals surface area (Å²) in [6.07, 6.45) is 4.97. The fourth-order valence-corrected chi connectivity index (χ4v) is 5.83. The number of benzene rings is 1. The molecule has 0 unspecified atom stereocenters. The number of aromatic nitrogens is 2. The Hall–Kier alpha value is -2.42. The third-order valence-electron chi connectivity index (χ3n) is 6.85. The number of carboxylic acid groups (broad SMARTS) is 1. The zero-order valence-corrected chi connectivity index (χ0v) is 21.2. The van der Waals surface area contributed by atoms with Gasteiger partial charge in [-0.2, -0.15) is 0 Å². The summed E-state index contributed by atoms with van der Waals surface area (Å²) in [6.45, 7) is 2.27. The van der Waals surface area contributed by atoms with Crippen LogP contribution in [-0.2, 0) is 4.79 Å². The third kappa shape index (κ3) is 6.05. The van der Waals surface area contributed by atoms with E-state index in [4.69, 9.17) is 16.3 Å². The Kier molecular flexibility index (Phi) is 8.46. The fourth-order valence-electron chi connectivity index (χ4n) is 4.66. The molecule has 1 aromatic carbocycles. The van der Waals surface area contributed by atoms with Crippen LogP contribution in [0.25, 0.3) is 10.9 Å². The average molecular weight is 518 g/mol. The molecule has 3 heterocycles. The van der Waals surface area contributed by atoms with E-state index in [1.165, 1.54) is 11.1 Å². The maximum Gasteiger partial charge on any atom is 0.309 e. The third-order valence-corrected chi connectivity index (χ3v) is 8.14. The number of carbonyl (C=O) groups is 1. The molecular weight excluding hydrogens is 489 g/mol. The highest BCUT2D eigenvalue weighted by Gasteiger charge is 2.41. The highest BCUT2D eigenvalue weighted by atomic mass is 35.5. The average Bonchev–Trinajstić information content (AvgIpc) is 2.88. The number of alkyl halides is 1. The van der Waals surface area contributed by atoms with Crippen LogP contribution in [0.4, 0.5) is 4.39 Å². The van der Waals surface area contributed by atoms with Crippen LogP contribution in [-0.4, -0.2) is 58.4 Å². The zero-order valence-electron chi connectivity index (χ0n) is 19.6. The Morgan fingerprint density at radius 1 is 1.29 bits per heavy atom. The lowest BCUT2D eigenvalue weighted by atomic mass is 9.74. The molecule has 3 aromatic rings. The van der Waals surface area contributed by atoms with E-state index >= 15 is 4.39 Å². The summed E-state index contributed by atoms with van der Waals surface area (Å²) >= 11 is 8.12. The van der Waals surface area contributed by atoms with E-state index in [1.54, 1.807) is 49.5 Å². The predicted octanol–water partition coefficient (Wildman–Crippen LogP) is 6.04. The normalized spacial score (nSPS) is 16.8. The number of aliphatic carboxylic acids is 1. The number of pyridine rings is 2. The van der Waals surface area contributed by atoms with Crippen molar-refractivity contribution in [2.45, 2.75) is 36.8 Å². The van der Waals surface area contributed by atoms with E-state index in [0.29, 0.717) is 48.1 Å². The summed E-state index contributed by atoms with van der Waals surface area (Å²) in [4.78, 5) is 24.1. The molecule has 1 saturated heterocycles. The molecule has 2 aromatic heterocycles. The second-order valence-corrected chi connectivity index (χ2v) is 10.4. The molecule has 4 rings (SSSR count). The van der Waals surface area contributed by atoms with Crippen molar-refractivity contribution in [3.8, 4) is 5.75 Å². The van der Waals surface area contributed by atoms with E-state index in [2.05, 4.69) is 14.9 Å². The highest BCUT2D eigenvalue weighted by molar-refractivity contribution is 7.99. The number of halogens is 2. The monoisotopic (exact) mass is 517 g/mol. The largest absolute Gasteiger partial charge is 0.497 e. The summed E-state index contributed by atoms with van der Waals surface area (Å²) in [5.74, 6) is 0.669. The molecule has 1 fully saturated rings. The first-order chi connectivity index (χ1) is 16.9. The van der Waals surface area contributed by atoms with Crippen molar-refractivity contribution in [3.05, 3.63) is 59.5 Å². The first-order valence-electron chi connectivity index (χ1n) is 11.7. The zero-order chi connectivity index (χ0) is 24.8. The van der Waals surface area contributed by atoms with Crippen molar-refractivity contribution in [1.29, 1.82) is 0 Å². The molecular formula is C26H29ClFN3O3S. The minimum Gasteiger partial charge on any atom is -0.497 e. The number of ether oxygens (including phenoxy) is 1. The minimum atomic E-state index is -1.40. The van der Waals surface area contributed by atoms with Gasteiger partial charge in [0, 0.05) is 46.7 Å². The van der Waals surface area contributed by atoms with Gasteiger partial charge in [0.2, 0.25) is 0 Å². The van der Waals surface area contributed by atoms with E-state index in [0.717, 1.165) is 12.3 Å². The maximum absolute atomic E-state index is 15.6. The van der Waals surface area contributed by atoms with Gasteiger partial charge < -0.3 is 14.7 Å². The van der Waals surface area contributed by atoms with Crippen LogP contribution in [0, 0.1) is 5.41 Å². The summed E-state index contributed by atoms with van der Waals surface area (Å²) in [5, 5.41) is 10.9. The van der Waals surface area contributed by atoms with Crippen molar-refractivity contribution < 1.29 is 19.0 Å². The Balaban J connectivity index is 1.38. The van der Waals surface area contributed by atoms with Gasteiger partial charge in [-0.3, -0.25) is 14.8 Å². The van der Waals surface area contributed by atoms with Crippen LogP contribution in [0.5, 0.6) is 5.75 Å². The van der Waals surface area contributed by atoms with Crippen molar-refractivity contribution in [3.63, 3.8) is 0 Å². The van der Waals surface area contributed by atoms with Crippen LogP contribution < -0.4 is 4.74 Å². The molecule has 1 aliphatic heterocycles. The fraction of sp³-hybridized carbons (Fsp3) is 0.423. The predicted molar refractivity (Wildman–Crippen MR) is 137 cm³/mol. The van der Waals surface area contributed by atoms with Gasteiger partial charge in [0.05, 0.1) is 23.1 Å². The van der Waals surface area contributed by atoms with Crippen LogP contribution >= 0.6 is 23.4 Å². The first-order valence-corrected chi connectivity index (χ1v) is 13.0. The molecule has 1 N–H and O–H groups in total. The van der Waals surface area contributed by atoms with Crippen molar-refractivity contribution in [2.24, 2.45) is 5.41 Å². The number of thioether (sulfide) groups is 1. The smallest absolute Gasteiger partial charge is 0.309 e. The molecule has 35 heavy (non-hydrogen) atoms. The molecule has 0 saturated carbocycles. The number of likely N-dealkylation sites (tertiary alicyclic amines) is 1. The standard InChI is InChI=1S/C26H29ClFN3O3S/c1-34-18-2-3-23-20(16-18)24(21(27)17-30-23)22(28)4-7-26(25(32)33)8-12-31(13-9-26)14-15-35-19-5-10-29-11-6-19/h2-3,5-6,10-11,16-17,22H,4,7-9,12-15H2,1H3,(H,32,33)/t22-/m1/s1. The quantitative estimate of drug-likeness (QED) is 0.328. The van der Waals surface area contributed by atoms with Gasteiger partial charge in [0.15, 0.2) is 0 Å². The molecule has 1 atom stereocenters. The molecule has 0 radical (unpaired) electrons. The lowest BCUT2D eigenvalue weighted by Gasteiger charge is -2.39. The second-order valence-electron chi connectivity index (χ2n) is 8.87. The van der Waals surface area contributed by atoms with Gasteiger partial charge in [0.25, 0.3) is 0 Å². The number of nitrogens with zero attached hydrogens (tertiary/aromatic N) is 3. The second kappa shape index (κ2) is 11.5. The van der Waals surface area contributed by atoms with Crippen molar-refractivity contribution >= 4 is 40.2 Å². The SMILES string of the molecule is COc1ccc2ncc(Cl)c([C@H](F)CCC3(C(=O)O)CCN(CCSc4ccncc4)CC3)c2c1. The topological polar surface area (TPSA) is 75.6 Å². The van der Waals surface area contributed by atoms with E-state index < -0.39 is 17.6 Å². The molecule has 0 bridgehead atoms. The molecule has 0 spiro atoms. The Bertz CT molecular complexity index is 1160. The lowest BCUT2D eigenvalue weighted by molar-refractivity contribution is -0.153. The Morgan fingerprint density at radius 3 is 2.71 bits per heavy atom. The minimum absolute atomic E-state index is 0.0836. The molecule has 6 nitrogen and oxygen atoms in total. The molecule has 1 aliphatic rings. The van der Waals surface area contributed by atoms with E-state index in [9.17, 15) is 9.90 Å². The maximum atomic E-state index is 15.6. The molecule has 9 heteroatoms. The van der Waals surface area contributed by atoms with Crippen LogP contribution in [0.2, 0.25) is 5.02 Å². The molecule has 186 valence electrons. The molecule has 0 amide bonds. The summed E-state index contributed by atoms with van der Waals surface area (Å²) in [5.41, 5.74) is 0.0481. The van der Waals surface area contributed by atoms with Gasteiger partial charge in [0.1, 0.15) is 11.9 Å². The van der Waals surface area contributed by atoms with Crippen molar-refractivity contribution in [2.75, 3.05) is 32.5 Å². The number of methoxy groups -OCH3 is 1. The number of hydrogen-bond acceptors (Lipinski definition) is 6. The number of carboxylic acids is 1. The van der Waals surface area contributed by atoms with Gasteiger partial charge >= 0.3 is 5.97 Å². The van der Waals surface area contributed by atoms with Gasteiger partial charge in [-0.15, -0.1) is 11.8 Å². The van der Waals surface area contributed by atoms with Gasteiger partial charge in [-0.1, -0.05) is 11.6 Å². The number of rotatable bonds is 10. The number of fused-ring (bicyclic) bond motifs is 1. The summed E-state index contributed by atoms with van der Waals surface area (Å²) in [7, 11) is 1.55. The van der Waals surface area contributed by atoms with Crippen LogP contribution in [0.3, 0.4) is 0 Å². The Labute approximate surface area is 213 Å². The number of hydrogen-bond donors (Lipinski definition) is 1. The van der Waals surface area contributed by atoms with Crippen LogP contribution in [0.15, 0.2) is 53.8 Å². The van der Waals surface area contributed by atoms with Gasteiger partial charge in [-0.05, 0) is 69.1 Å². The summed E-state index contributed by atoms with van der Waals surface area (Å²) < 4.78 is 20.9. The van der Waals surface area contributed by atoms with Crippen molar-refractivity contribution in [1.82, 2.24) is 14.9 Å². The summed E-state index contributed by atoms with van der Waals surface area (Å²) in [6, 6.07) is 9.23. The van der Waals surface area contributed by atoms with E-state index in [1.807, 2.05) is 12.1 Å². The van der Waals surface area contributed by atoms with E-state index in [-0.39, 0.29) is 17.9 Å². The first kappa shape index (κ1) is 25.7. The lowest BCUT2D eigenvalue weighted by Crippen LogP contribution is -2.45. The molecule has 0 aliphatic carbocycles. The number of piperidine rings is 1. The highest BCUT2D eigenvalue weighted by Crippen LogP contribution is 2.42. The Morgan fingerprint density at radius 2 is 2.03 bits per heavy atom.